The summed E-state index contributed by atoms with van der Waals surface area (Å²) in [5.41, 5.74) is 3.14. The van der Waals surface area contributed by atoms with E-state index in [1.165, 1.54) is 5.56 Å². The minimum Gasteiger partial charge on any atom is -0.477 e. The minimum atomic E-state index is -1.01. The molecule has 1 aliphatic heterocycles. The molecule has 2 aromatic rings. The number of carboxylic acids is 1. The minimum absolute atomic E-state index is 0.131. The molecule has 0 spiro atoms. The molecule has 1 aromatic heterocycles. The molecule has 1 unspecified atom stereocenters. The molecule has 1 atom stereocenters. The molecular formula is C16H14Cl2N2O2S. The van der Waals surface area contributed by atoms with Crippen LogP contribution >= 0.6 is 34.5 Å². The number of thiophene rings is 1. The molecule has 120 valence electrons. The highest BCUT2D eigenvalue weighted by molar-refractivity contribution is 7.10. The first-order chi connectivity index (χ1) is 10.9. The van der Waals surface area contributed by atoms with Crippen LogP contribution in [0.1, 0.15) is 28.5 Å². The van der Waals surface area contributed by atoms with Crippen LogP contribution in [0.4, 0.5) is 5.69 Å². The van der Waals surface area contributed by atoms with Gasteiger partial charge in [0.25, 0.3) is 0 Å². The molecule has 0 fully saturated rings. The molecule has 0 saturated carbocycles. The average molecular weight is 369 g/mol. The van der Waals surface area contributed by atoms with Crippen molar-refractivity contribution in [2.75, 3.05) is 5.01 Å². The molecule has 1 aromatic carbocycles. The number of carbonyl (C=O) groups is 1. The van der Waals surface area contributed by atoms with Gasteiger partial charge in [0.15, 0.2) is 0 Å². The maximum absolute atomic E-state index is 11.4. The van der Waals surface area contributed by atoms with Gasteiger partial charge in [0.05, 0.1) is 16.8 Å². The number of rotatable bonds is 3. The fourth-order valence-corrected chi connectivity index (χ4v) is 4.24. The lowest BCUT2D eigenvalue weighted by Crippen LogP contribution is -2.18. The van der Waals surface area contributed by atoms with Crippen LogP contribution < -0.4 is 5.01 Å². The molecule has 2 heterocycles. The van der Waals surface area contributed by atoms with E-state index in [-0.39, 0.29) is 11.8 Å². The molecule has 0 amide bonds. The lowest BCUT2D eigenvalue weighted by molar-refractivity contribution is -0.129. The van der Waals surface area contributed by atoms with Crippen molar-refractivity contribution in [3.63, 3.8) is 0 Å². The zero-order valence-electron chi connectivity index (χ0n) is 12.5. The Hall–Kier alpha value is -1.56. The summed E-state index contributed by atoms with van der Waals surface area (Å²) in [4.78, 5) is 12.5. The Labute approximate surface area is 148 Å². The first kappa shape index (κ1) is 16.3. The molecule has 0 aliphatic carbocycles. The van der Waals surface area contributed by atoms with Crippen LogP contribution in [0, 0.1) is 13.8 Å². The molecule has 3 rings (SSSR count). The van der Waals surface area contributed by atoms with Gasteiger partial charge in [0, 0.05) is 16.3 Å². The van der Waals surface area contributed by atoms with Crippen LogP contribution in [-0.4, -0.2) is 16.8 Å². The second kappa shape index (κ2) is 6.15. The van der Waals surface area contributed by atoms with Crippen molar-refractivity contribution in [3.05, 3.63) is 49.6 Å². The Morgan fingerprint density at radius 2 is 2.13 bits per heavy atom. The molecule has 0 saturated heterocycles. The summed E-state index contributed by atoms with van der Waals surface area (Å²) < 4.78 is 0. The average Bonchev–Trinajstić information content (AvgIpc) is 3.04. The second-order valence-electron chi connectivity index (χ2n) is 5.42. The molecule has 7 heteroatoms. The normalized spacial score (nSPS) is 17.5. The Balaban J connectivity index is 2.08. The number of hydrazone groups is 1. The Bertz CT molecular complexity index is 816. The SMILES string of the molecule is Cc1csc(C2CC(C(=O)O)=NN2c2ccc(Cl)cc2Cl)c1C. The van der Waals surface area contributed by atoms with Gasteiger partial charge in [-0.2, -0.15) is 5.10 Å². The van der Waals surface area contributed by atoms with E-state index < -0.39 is 5.97 Å². The number of anilines is 1. The van der Waals surface area contributed by atoms with Crippen LogP contribution in [0.5, 0.6) is 0 Å². The van der Waals surface area contributed by atoms with E-state index in [1.54, 1.807) is 34.5 Å². The fraction of sp³-hybridized carbons (Fsp3) is 0.250. The summed E-state index contributed by atoms with van der Waals surface area (Å²) in [6.45, 7) is 4.09. The summed E-state index contributed by atoms with van der Waals surface area (Å²) in [7, 11) is 0. The number of aliphatic carboxylic acids is 1. The van der Waals surface area contributed by atoms with E-state index in [2.05, 4.69) is 10.5 Å². The van der Waals surface area contributed by atoms with E-state index in [0.29, 0.717) is 22.2 Å². The number of hydrogen-bond donors (Lipinski definition) is 1. The predicted molar refractivity (Wildman–Crippen MR) is 95.2 cm³/mol. The van der Waals surface area contributed by atoms with Gasteiger partial charge in [0.1, 0.15) is 5.71 Å². The van der Waals surface area contributed by atoms with Crippen molar-refractivity contribution in [2.45, 2.75) is 26.3 Å². The van der Waals surface area contributed by atoms with Gasteiger partial charge >= 0.3 is 5.97 Å². The zero-order chi connectivity index (χ0) is 16.7. The quantitative estimate of drug-likeness (QED) is 0.822. The summed E-state index contributed by atoms with van der Waals surface area (Å²) in [6, 6.07) is 4.96. The van der Waals surface area contributed by atoms with Crippen LogP contribution in [0.15, 0.2) is 28.7 Å². The van der Waals surface area contributed by atoms with Gasteiger partial charge in [-0.15, -0.1) is 11.3 Å². The number of aryl methyl sites for hydroxylation is 1. The third-order valence-electron chi connectivity index (χ3n) is 3.94. The van der Waals surface area contributed by atoms with Crippen molar-refractivity contribution in [2.24, 2.45) is 5.10 Å². The lowest BCUT2D eigenvalue weighted by Gasteiger charge is -2.24. The standard InChI is InChI=1S/C16H14Cl2N2O2S/c1-8-7-23-15(9(8)2)14-6-12(16(21)22)19-20(14)13-4-3-10(17)5-11(13)18/h3-5,7,14H,6H2,1-2H3,(H,21,22). The van der Waals surface area contributed by atoms with Crippen LogP contribution in [0.25, 0.3) is 0 Å². The number of benzene rings is 1. The van der Waals surface area contributed by atoms with Gasteiger partial charge in [0.2, 0.25) is 0 Å². The van der Waals surface area contributed by atoms with E-state index in [9.17, 15) is 9.90 Å². The summed E-state index contributed by atoms with van der Waals surface area (Å²) in [5, 5.41) is 18.4. The van der Waals surface area contributed by atoms with Gasteiger partial charge in [-0.25, -0.2) is 4.79 Å². The Kier molecular flexibility index (Phi) is 4.36. The first-order valence-electron chi connectivity index (χ1n) is 6.98. The highest BCUT2D eigenvalue weighted by Crippen LogP contribution is 2.42. The van der Waals surface area contributed by atoms with Gasteiger partial charge in [-0.3, -0.25) is 5.01 Å². The maximum Gasteiger partial charge on any atom is 0.352 e. The highest BCUT2D eigenvalue weighted by atomic mass is 35.5. The van der Waals surface area contributed by atoms with Crippen LogP contribution in [0.2, 0.25) is 10.0 Å². The van der Waals surface area contributed by atoms with E-state index >= 15 is 0 Å². The Morgan fingerprint density at radius 3 is 2.70 bits per heavy atom. The molecule has 23 heavy (non-hydrogen) atoms. The van der Waals surface area contributed by atoms with E-state index in [0.717, 1.165) is 10.4 Å². The van der Waals surface area contributed by atoms with Crippen molar-refractivity contribution in [1.29, 1.82) is 0 Å². The number of halogens is 2. The number of nitrogens with zero attached hydrogens (tertiary/aromatic N) is 2. The van der Waals surface area contributed by atoms with Gasteiger partial charge in [-0.1, -0.05) is 23.2 Å². The van der Waals surface area contributed by atoms with Crippen LogP contribution in [-0.2, 0) is 4.79 Å². The summed E-state index contributed by atoms with van der Waals surface area (Å²) >= 11 is 13.9. The lowest BCUT2D eigenvalue weighted by atomic mass is 10.0. The Morgan fingerprint density at radius 1 is 1.39 bits per heavy atom. The van der Waals surface area contributed by atoms with Crippen molar-refractivity contribution >= 4 is 51.9 Å². The zero-order valence-corrected chi connectivity index (χ0v) is 14.8. The topological polar surface area (TPSA) is 52.9 Å². The number of carboxylic acid groups (broad SMARTS) is 1. The van der Waals surface area contributed by atoms with Gasteiger partial charge in [-0.05, 0) is 48.6 Å². The molecular weight excluding hydrogens is 355 g/mol. The van der Waals surface area contributed by atoms with Gasteiger partial charge < -0.3 is 5.11 Å². The van der Waals surface area contributed by atoms with E-state index in [1.807, 2.05) is 13.8 Å². The molecule has 1 aliphatic rings. The van der Waals surface area contributed by atoms with Crippen molar-refractivity contribution < 1.29 is 9.90 Å². The van der Waals surface area contributed by atoms with Crippen molar-refractivity contribution in [1.82, 2.24) is 0 Å². The second-order valence-corrected chi connectivity index (χ2v) is 7.17. The third-order valence-corrected chi connectivity index (χ3v) is 5.78. The monoisotopic (exact) mass is 368 g/mol. The third kappa shape index (κ3) is 2.96. The molecule has 1 N–H and O–H groups in total. The maximum atomic E-state index is 11.4. The van der Waals surface area contributed by atoms with E-state index in [4.69, 9.17) is 23.2 Å². The summed E-state index contributed by atoms with van der Waals surface area (Å²) in [5.74, 6) is -1.01. The van der Waals surface area contributed by atoms with Crippen molar-refractivity contribution in [3.8, 4) is 0 Å². The first-order valence-corrected chi connectivity index (χ1v) is 8.61. The fourth-order valence-electron chi connectivity index (χ4n) is 2.58. The smallest absolute Gasteiger partial charge is 0.352 e. The summed E-state index contributed by atoms with van der Waals surface area (Å²) in [6.07, 6.45) is 0.342. The predicted octanol–water partition coefficient (Wildman–Crippen LogP) is 5.06. The van der Waals surface area contributed by atoms with Crippen LogP contribution in [0.3, 0.4) is 0 Å². The molecule has 0 radical (unpaired) electrons. The highest BCUT2D eigenvalue weighted by Gasteiger charge is 2.35. The molecule has 0 bridgehead atoms. The molecule has 4 nitrogen and oxygen atoms in total. The number of hydrogen-bond acceptors (Lipinski definition) is 4. The largest absolute Gasteiger partial charge is 0.477 e.